The molecule has 0 saturated heterocycles. The molecule has 6 atom stereocenters. The second-order valence-electron chi connectivity index (χ2n) is 4.88. The van der Waals surface area contributed by atoms with Crippen molar-refractivity contribution in [1.82, 2.24) is 0 Å². The fourth-order valence-electron chi connectivity index (χ4n) is 0.500. The number of rotatable bonds is 6. The van der Waals surface area contributed by atoms with Crippen molar-refractivity contribution in [3.05, 3.63) is 0 Å². The van der Waals surface area contributed by atoms with Crippen molar-refractivity contribution < 1.29 is 45.4 Å². The Kier molecular flexibility index (Phi) is 28.3. The van der Waals surface area contributed by atoms with Crippen LogP contribution in [0, 0.1) is 0 Å². The van der Waals surface area contributed by atoms with E-state index in [0.717, 1.165) is 19.3 Å². The van der Waals surface area contributed by atoms with Gasteiger partial charge in [0.05, 0.1) is 0 Å². The van der Waals surface area contributed by atoms with E-state index in [1.54, 1.807) is 20.8 Å². The number of hydrogen-bond acceptors (Lipinski definition) is 6. The molecule has 0 aliphatic heterocycles. The molecule has 0 spiro atoms. The van der Waals surface area contributed by atoms with Gasteiger partial charge in [0.15, 0.2) is 0 Å². The standard InChI is InChI=1S/3C4H11O2P.Fe/c3*1-3-4(2)7(5)6;/h3*4,7H,3H2,1-2H3,(H,5,6);/q;;;+3/p-3. The van der Waals surface area contributed by atoms with Gasteiger partial charge < -0.3 is 28.4 Å². The van der Waals surface area contributed by atoms with E-state index in [0.29, 0.717) is 0 Å². The van der Waals surface area contributed by atoms with E-state index in [-0.39, 0.29) is 34.0 Å². The van der Waals surface area contributed by atoms with E-state index in [2.05, 4.69) is 0 Å². The van der Waals surface area contributed by atoms with Crippen molar-refractivity contribution in [3.63, 3.8) is 0 Å². The summed E-state index contributed by atoms with van der Waals surface area (Å²) in [5.41, 5.74) is -0.319. The van der Waals surface area contributed by atoms with E-state index in [9.17, 15) is 28.4 Å². The van der Waals surface area contributed by atoms with E-state index >= 15 is 0 Å². The van der Waals surface area contributed by atoms with Gasteiger partial charge in [0.25, 0.3) is 0 Å². The smallest absolute Gasteiger partial charge is 0.801 e. The SMILES string of the molecule is CCC(C)[PH](=O)[O-].CCC(C)[PH](=O)[O-].CCC(C)[PH](=O)[O-].[Fe+3]. The summed E-state index contributed by atoms with van der Waals surface area (Å²) >= 11 is 0. The molecule has 0 rings (SSSR count). The molecule has 6 unspecified atom stereocenters. The minimum absolute atomic E-state index is 0. The first-order valence-corrected chi connectivity index (χ1v) is 11.4. The van der Waals surface area contributed by atoms with E-state index < -0.39 is 24.1 Å². The average molecular weight is 419 g/mol. The van der Waals surface area contributed by atoms with E-state index in [4.69, 9.17) is 0 Å². The second kappa shape index (κ2) is 20.1. The van der Waals surface area contributed by atoms with Crippen LogP contribution in [0.2, 0.25) is 0 Å². The zero-order chi connectivity index (χ0) is 17.6. The molecule has 0 N–H and O–H groups in total. The second-order valence-corrected chi connectivity index (χ2v) is 9.76. The van der Waals surface area contributed by atoms with Gasteiger partial charge in [0.2, 0.25) is 0 Å². The third-order valence-corrected chi connectivity index (χ3v) is 6.68. The first kappa shape index (κ1) is 30.9. The van der Waals surface area contributed by atoms with Gasteiger partial charge in [-0.15, -0.1) is 0 Å². The van der Waals surface area contributed by atoms with Crippen molar-refractivity contribution in [2.45, 2.75) is 77.8 Å². The van der Waals surface area contributed by atoms with E-state index in [1.165, 1.54) is 0 Å². The Morgan fingerprint density at radius 3 is 0.773 bits per heavy atom. The molecular weight excluding hydrogens is 389 g/mol. The molecule has 0 aromatic rings. The Labute approximate surface area is 147 Å². The van der Waals surface area contributed by atoms with Gasteiger partial charge in [0, 0.05) is 24.1 Å². The predicted octanol–water partition coefficient (Wildman–Crippen LogP) is 1.86. The largest absolute Gasteiger partial charge is 3.00 e. The predicted molar refractivity (Wildman–Crippen MR) is 86.3 cm³/mol. The molecule has 1 radical (unpaired) electrons. The number of hydrogen-bond donors (Lipinski definition) is 0. The molecule has 137 valence electrons. The summed E-state index contributed by atoms with van der Waals surface area (Å²) in [6.45, 7) is 10.7. The fourth-order valence-corrected chi connectivity index (χ4v) is 1.50. The molecule has 0 aliphatic carbocycles. The molecule has 0 aromatic heterocycles. The van der Waals surface area contributed by atoms with Crippen LogP contribution >= 0.6 is 24.1 Å². The van der Waals surface area contributed by atoms with Gasteiger partial charge in [-0.05, 0) is 36.2 Å². The average Bonchev–Trinajstić information content (AvgIpc) is 2.45. The quantitative estimate of drug-likeness (QED) is 0.479. The van der Waals surface area contributed by atoms with Gasteiger partial charge >= 0.3 is 17.1 Å². The van der Waals surface area contributed by atoms with Crippen LogP contribution in [0.5, 0.6) is 0 Å². The summed E-state index contributed by atoms with van der Waals surface area (Å²) in [5.74, 6) is 0. The zero-order valence-corrected chi connectivity index (χ0v) is 18.3. The minimum Gasteiger partial charge on any atom is -0.801 e. The third-order valence-electron chi connectivity index (χ3n) is 3.04. The molecule has 0 aliphatic rings. The van der Waals surface area contributed by atoms with Gasteiger partial charge in [-0.25, -0.2) is 0 Å². The van der Waals surface area contributed by atoms with E-state index in [1.807, 2.05) is 20.8 Å². The van der Waals surface area contributed by atoms with Crippen molar-refractivity contribution in [1.29, 1.82) is 0 Å². The Balaban J connectivity index is -0.000000108. The van der Waals surface area contributed by atoms with Crippen LogP contribution < -0.4 is 14.7 Å². The Morgan fingerprint density at radius 2 is 0.773 bits per heavy atom. The van der Waals surface area contributed by atoms with Crippen LogP contribution in [0.3, 0.4) is 0 Å². The molecule has 10 heteroatoms. The normalized spacial score (nSPS) is 17.9. The van der Waals surface area contributed by atoms with Crippen molar-refractivity contribution in [2.24, 2.45) is 0 Å². The van der Waals surface area contributed by atoms with Crippen LogP contribution in [0.1, 0.15) is 60.8 Å². The summed E-state index contributed by atoms with van der Waals surface area (Å²) in [6.07, 6.45) is 2.21. The molecule has 0 amide bonds. The summed E-state index contributed by atoms with van der Waals surface area (Å²) in [6, 6.07) is 0. The minimum atomic E-state index is -2.46. The van der Waals surface area contributed by atoms with Crippen LogP contribution in [-0.2, 0) is 30.8 Å². The van der Waals surface area contributed by atoms with Gasteiger partial charge in [0.1, 0.15) is 0 Å². The Morgan fingerprint density at radius 1 is 0.636 bits per heavy atom. The summed E-state index contributed by atoms with van der Waals surface area (Å²) < 4.78 is 30.0. The first-order valence-electron chi connectivity index (χ1n) is 7.17. The summed E-state index contributed by atoms with van der Waals surface area (Å²) in [5, 5.41) is 0. The van der Waals surface area contributed by atoms with Crippen LogP contribution in [0.25, 0.3) is 0 Å². The molecular formula is C12H30FeO6P3. The van der Waals surface area contributed by atoms with Gasteiger partial charge in [-0.2, -0.15) is 0 Å². The molecule has 0 bridgehead atoms. The zero-order valence-electron chi connectivity index (χ0n) is 14.2. The molecule has 6 nitrogen and oxygen atoms in total. The third kappa shape index (κ3) is 23.4. The maximum absolute atomic E-state index is 10.0. The van der Waals surface area contributed by atoms with Crippen LogP contribution in [0.15, 0.2) is 0 Å². The maximum Gasteiger partial charge on any atom is 3.00 e. The Hall–Kier alpha value is 1.09. The molecule has 0 heterocycles. The van der Waals surface area contributed by atoms with Crippen molar-refractivity contribution in [2.75, 3.05) is 0 Å². The van der Waals surface area contributed by atoms with Gasteiger partial charge in [-0.1, -0.05) is 41.5 Å². The van der Waals surface area contributed by atoms with Crippen LogP contribution in [0.4, 0.5) is 0 Å². The monoisotopic (exact) mass is 419 g/mol. The van der Waals surface area contributed by atoms with Gasteiger partial charge in [-0.3, -0.25) is 0 Å². The first-order chi connectivity index (χ1) is 9.54. The molecule has 0 saturated carbocycles. The maximum atomic E-state index is 10.0. The summed E-state index contributed by atoms with van der Waals surface area (Å²) in [7, 11) is -7.39. The van der Waals surface area contributed by atoms with Crippen LogP contribution in [-0.4, -0.2) is 17.0 Å². The van der Waals surface area contributed by atoms with Crippen molar-refractivity contribution >= 4 is 24.1 Å². The summed E-state index contributed by atoms with van der Waals surface area (Å²) in [4.78, 5) is 30.0. The Bertz CT molecular complexity index is 270. The topological polar surface area (TPSA) is 120 Å². The fraction of sp³-hybridized carbons (Fsp3) is 1.00. The van der Waals surface area contributed by atoms with Crippen molar-refractivity contribution in [3.8, 4) is 0 Å². The molecule has 0 fully saturated rings. The molecule has 22 heavy (non-hydrogen) atoms. The molecule has 0 aromatic carbocycles.